The first-order valence-electron chi connectivity index (χ1n) is 8.12. The Morgan fingerprint density at radius 3 is 2.75 bits per heavy atom. The van der Waals surface area contributed by atoms with Gasteiger partial charge in [0.2, 0.25) is 5.91 Å². The zero-order valence-corrected chi connectivity index (χ0v) is 13.7. The van der Waals surface area contributed by atoms with E-state index in [-0.39, 0.29) is 11.9 Å². The maximum absolute atomic E-state index is 12.6. The van der Waals surface area contributed by atoms with Crippen molar-refractivity contribution in [2.24, 2.45) is 0 Å². The molecule has 3 aromatic heterocycles. The average molecular weight is 323 g/mol. The molecule has 0 fully saturated rings. The smallest absolute Gasteiger partial charge is 0.243 e. The molecule has 0 radical (unpaired) electrons. The van der Waals surface area contributed by atoms with Crippen LogP contribution >= 0.6 is 0 Å². The van der Waals surface area contributed by atoms with Crippen LogP contribution in [-0.4, -0.2) is 25.0 Å². The van der Waals surface area contributed by atoms with E-state index in [2.05, 4.69) is 22.2 Å². The number of carbonyl (C=O) groups is 1. The van der Waals surface area contributed by atoms with Gasteiger partial charge in [-0.15, -0.1) is 0 Å². The molecule has 3 heterocycles. The second kappa shape index (κ2) is 7.59. The van der Waals surface area contributed by atoms with Gasteiger partial charge in [0.25, 0.3) is 0 Å². The van der Waals surface area contributed by atoms with E-state index >= 15 is 0 Å². The Hall–Kier alpha value is -2.89. The van der Waals surface area contributed by atoms with Crippen LogP contribution in [0.1, 0.15) is 31.4 Å². The van der Waals surface area contributed by atoms with Crippen LogP contribution in [0.3, 0.4) is 0 Å². The van der Waals surface area contributed by atoms with Gasteiger partial charge in [-0.05, 0) is 24.6 Å². The lowest BCUT2D eigenvalue weighted by molar-refractivity contribution is -0.124. The number of nitrogens with zero attached hydrogens (tertiary/aromatic N) is 4. The zero-order chi connectivity index (χ0) is 16.8. The van der Waals surface area contributed by atoms with Gasteiger partial charge in [0.15, 0.2) is 0 Å². The van der Waals surface area contributed by atoms with Crippen LogP contribution in [0.5, 0.6) is 0 Å². The van der Waals surface area contributed by atoms with Crippen LogP contribution in [0.2, 0.25) is 0 Å². The Morgan fingerprint density at radius 1 is 1.21 bits per heavy atom. The van der Waals surface area contributed by atoms with Crippen LogP contribution < -0.4 is 5.32 Å². The van der Waals surface area contributed by atoms with Crippen molar-refractivity contribution in [3.8, 4) is 5.82 Å². The number of nitrogens with one attached hydrogen (secondary N) is 1. The van der Waals surface area contributed by atoms with Crippen molar-refractivity contribution in [2.45, 2.75) is 32.4 Å². The standard InChI is InChI=1S/C18H21N5O/c1-2-6-16(22-10-3-4-11-22)18(24)21-13-15-7-5-8-20-17(15)23-12-9-19-14-23/h3-5,7-12,14,16H,2,6,13H2,1H3,(H,21,24)/t16-/m0/s1. The first-order valence-corrected chi connectivity index (χ1v) is 8.12. The molecule has 0 bridgehead atoms. The fraction of sp³-hybridized carbons (Fsp3) is 0.278. The van der Waals surface area contributed by atoms with Gasteiger partial charge in [0.1, 0.15) is 18.2 Å². The molecule has 0 aliphatic rings. The van der Waals surface area contributed by atoms with Gasteiger partial charge in [-0.2, -0.15) is 0 Å². The number of carbonyl (C=O) groups excluding carboxylic acids is 1. The highest BCUT2D eigenvalue weighted by Gasteiger charge is 2.18. The molecule has 6 heteroatoms. The van der Waals surface area contributed by atoms with Gasteiger partial charge in [-0.1, -0.05) is 19.4 Å². The molecule has 1 amide bonds. The van der Waals surface area contributed by atoms with E-state index in [1.54, 1.807) is 18.7 Å². The van der Waals surface area contributed by atoms with Gasteiger partial charge in [-0.3, -0.25) is 9.36 Å². The Kier molecular flexibility index (Phi) is 5.05. The lowest BCUT2D eigenvalue weighted by Gasteiger charge is -2.18. The maximum Gasteiger partial charge on any atom is 0.243 e. The molecule has 0 aromatic carbocycles. The largest absolute Gasteiger partial charge is 0.350 e. The predicted octanol–water partition coefficient (Wildman–Crippen LogP) is 2.73. The summed E-state index contributed by atoms with van der Waals surface area (Å²) >= 11 is 0. The molecule has 3 rings (SSSR count). The SMILES string of the molecule is CCC[C@@H](C(=O)NCc1cccnc1-n1ccnc1)n1cccc1. The highest BCUT2D eigenvalue weighted by atomic mass is 16.2. The van der Waals surface area contributed by atoms with E-state index in [9.17, 15) is 4.79 Å². The summed E-state index contributed by atoms with van der Waals surface area (Å²) in [5.74, 6) is 0.803. The highest BCUT2D eigenvalue weighted by molar-refractivity contribution is 5.80. The van der Waals surface area contributed by atoms with Crippen molar-refractivity contribution in [3.63, 3.8) is 0 Å². The van der Waals surface area contributed by atoms with Crippen molar-refractivity contribution in [1.29, 1.82) is 0 Å². The minimum atomic E-state index is -0.182. The second-order valence-corrected chi connectivity index (χ2v) is 5.61. The van der Waals surface area contributed by atoms with Crippen LogP contribution in [-0.2, 0) is 11.3 Å². The Balaban J connectivity index is 1.72. The molecular formula is C18H21N5O. The van der Waals surface area contributed by atoms with Gasteiger partial charge < -0.3 is 9.88 Å². The van der Waals surface area contributed by atoms with Crippen molar-refractivity contribution in [1.82, 2.24) is 24.4 Å². The van der Waals surface area contributed by atoms with Gasteiger partial charge >= 0.3 is 0 Å². The number of imidazole rings is 1. The molecule has 1 N–H and O–H groups in total. The average Bonchev–Trinajstić information content (AvgIpc) is 3.31. The van der Waals surface area contributed by atoms with E-state index in [1.807, 2.05) is 52.0 Å². The van der Waals surface area contributed by atoms with Crippen LogP contribution in [0, 0.1) is 0 Å². The third kappa shape index (κ3) is 3.53. The quantitative estimate of drug-likeness (QED) is 0.727. The maximum atomic E-state index is 12.6. The summed E-state index contributed by atoms with van der Waals surface area (Å²) < 4.78 is 3.80. The molecule has 0 aliphatic carbocycles. The lowest BCUT2D eigenvalue weighted by Crippen LogP contribution is -2.32. The van der Waals surface area contributed by atoms with E-state index < -0.39 is 0 Å². The topological polar surface area (TPSA) is 64.7 Å². The van der Waals surface area contributed by atoms with Crippen molar-refractivity contribution < 1.29 is 4.79 Å². The van der Waals surface area contributed by atoms with Crippen LogP contribution in [0.4, 0.5) is 0 Å². The molecule has 24 heavy (non-hydrogen) atoms. The van der Waals surface area contributed by atoms with E-state index in [0.717, 1.165) is 24.2 Å². The van der Waals surface area contributed by atoms with Crippen LogP contribution in [0.25, 0.3) is 5.82 Å². The second-order valence-electron chi connectivity index (χ2n) is 5.61. The summed E-state index contributed by atoms with van der Waals surface area (Å²) in [5.41, 5.74) is 0.951. The van der Waals surface area contributed by atoms with Gasteiger partial charge in [0, 0.05) is 43.1 Å². The molecule has 0 saturated carbocycles. The van der Waals surface area contributed by atoms with Gasteiger partial charge in [0.05, 0.1) is 0 Å². The number of amides is 1. The van der Waals surface area contributed by atoms with E-state index in [4.69, 9.17) is 0 Å². The summed E-state index contributed by atoms with van der Waals surface area (Å²) in [5, 5.41) is 3.04. The molecule has 124 valence electrons. The first-order chi connectivity index (χ1) is 11.8. The van der Waals surface area contributed by atoms with E-state index in [1.165, 1.54) is 0 Å². The summed E-state index contributed by atoms with van der Waals surface area (Å²) in [4.78, 5) is 21.1. The molecule has 6 nitrogen and oxygen atoms in total. The number of aromatic nitrogens is 4. The van der Waals surface area contributed by atoms with E-state index in [0.29, 0.717) is 6.54 Å². The molecule has 0 aliphatic heterocycles. The fourth-order valence-electron chi connectivity index (χ4n) is 2.73. The molecule has 0 spiro atoms. The zero-order valence-electron chi connectivity index (χ0n) is 13.7. The first kappa shape index (κ1) is 16.0. The fourth-order valence-corrected chi connectivity index (χ4v) is 2.73. The Bertz CT molecular complexity index is 765. The molecule has 0 saturated heterocycles. The molecular weight excluding hydrogens is 302 g/mol. The number of pyridine rings is 1. The van der Waals surface area contributed by atoms with Crippen molar-refractivity contribution in [3.05, 3.63) is 67.1 Å². The predicted molar refractivity (Wildman–Crippen MR) is 91.6 cm³/mol. The third-order valence-corrected chi connectivity index (χ3v) is 3.92. The Labute approximate surface area is 141 Å². The third-order valence-electron chi connectivity index (χ3n) is 3.92. The number of rotatable bonds is 7. The normalized spacial score (nSPS) is 12.0. The van der Waals surface area contributed by atoms with Crippen molar-refractivity contribution >= 4 is 5.91 Å². The van der Waals surface area contributed by atoms with Crippen molar-refractivity contribution in [2.75, 3.05) is 0 Å². The number of hydrogen-bond acceptors (Lipinski definition) is 3. The summed E-state index contributed by atoms with van der Waals surface area (Å²) in [6, 6.07) is 7.53. The summed E-state index contributed by atoms with van der Waals surface area (Å²) in [6.07, 6.45) is 12.6. The van der Waals surface area contributed by atoms with Gasteiger partial charge in [-0.25, -0.2) is 9.97 Å². The highest BCUT2D eigenvalue weighted by Crippen LogP contribution is 2.16. The minimum absolute atomic E-state index is 0.0217. The molecule has 1 atom stereocenters. The minimum Gasteiger partial charge on any atom is -0.350 e. The summed E-state index contributed by atoms with van der Waals surface area (Å²) in [7, 11) is 0. The van der Waals surface area contributed by atoms with Crippen LogP contribution in [0.15, 0.2) is 61.6 Å². The Morgan fingerprint density at radius 2 is 2.04 bits per heavy atom. The molecule has 3 aromatic rings. The molecule has 0 unspecified atom stereocenters. The monoisotopic (exact) mass is 323 g/mol. The number of hydrogen-bond donors (Lipinski definition) is 1. The lowest BCUT2D eigenvalue weighted by atomic mass is 10.1. The summed E-state index contributed by atoms with van der Waals surface area (Å²) in [6.45, 7) is 2.52.